The molecule has 1 aliphatic heterocycles. The maximum absolute atomic E-state index is 12.1. The van der Waals surface area contributed by atoms with Gasteiger partial charge in [0.2, 0.25) is 5.91 Å². The molecule has 0 radical (unpaired) electrons. The second-order valence-electron chi connectivity index (χ2n) is 5.03. The Morgan fingerprint density at radius 1 is 1.52 bits per heavy atom. The van der Waals surface area contributed by atoms with Gasteiger partial charge in [0.05, 0.1) is 12.1 Å². The van der Waals surface area contributed by atoms with E-state index >= 15 is 0 Å². The number of rotatable bonds is 5. The molecular formula is C15H22Cl2N2O2. The van der Waals surface area contributed by atoms with E-state index in [2.05, 4.69) is 10.6 Å². The predicted molar refractivity (Wildman–Crippen MR) is 87.1 cm³/mol. The van der Waals surface area contributed by atoms with E-state index in [4.69, 9.17) is 16.3 Å². The van der Waals surface area contributed by atoms with Crippen molar-refractivity contribution in [3.05, 3.63) is 34.9 Å². The number of ether oxygens (including phenoxy) is 1. The first-order chi connectivity index (χ1) is 9.70. The summed E-state index contributed by atoms with van der Waals surface area (Å²) in [6.45, 7) is 1.37. The first-order valence-corrected chi connectivity index (χ1v) is 7.38. The average molecular weight is 333 g/mol. The molecule has 0 spiro atoms. The molecule has 0 aromatic heterocycles. The van der Waals surface area contributed by atoms with Gasteiger partial charge in [0.15, 0.2) is 0 Å². The molecule has 2 atom stereocenters. The molecule has 6 heteroatoms. The van der Waals surface area contributed by atoms with Gasteiger partial charge in [-0.15, -0.1) is 12.4 Å². The molecule has 118 valence electrons. The van der Waals surface area contributed by atoms with Crippen molar-refractivity contribution < 1.29 is 9.53 Å². The third-order valence-corrected chi connectivity index (χ3v) is 3.83. The second kappa shape index (κ2) is 9.26. The summed E-state index contributed by atoms with van der Waals surface area (Å²) in [7, 11) is 1.64. The van der Waals surface area contributed by atoms with Gasteiger partial charge in [-0.3, -0.25) is 4.79 Å². The Labute approximate surface area is 137 Å². The monoisotopic (exact) mass is 332 g/mol. The van der Waals surface area contributed by atoms with E-state index in [0.29, 0.717) is 11.6 Å². The molecule has 1 amide bonds. The number of hydrogen-bond donors (Lipinski definition) is 2. The van der Waals surface area contributed by atoms with Crippen LogP contribution in [-0.4, -0.2) is 32.1 Å². The molecule has 0 aliphatic carbocycles. The number of nitrogens with one attached hydrogen (secondary N) is 2. The van der Waals surface area contributed by atoms with Crippen LogP contribution in [0.3, 0.4) is 0 Å². The Balaban J connectivity index is 0.00000220. The van der Waals surface area contributed by atoms with E-state index in [1.165, 1.54) is 0 Å². The Hall–Kier alpha value is -0.810. The van der Waals surface area contributed by atoms with Crippen molar-refractivity contribution in [3.63, 3.8) is 0 Å². The van der Waals surface area contributed by atoms with Crippen LogP contribution >= 0.6 is 24.0 Å². The minimum Gasteiger partial charge on any atom is -0.375 e. The average Bonchev–Trinajstić information content (AvgIpc) is 2.48. The van der Waals surface area contributed by atoms with Gasteiger partial charge in [0.1, 0.15) is 0 Å². The molecule has 0 bridgehead atoms. The minimum atomic E-state index is -0.179. The number of carbonyl (C=O) groups is 1. The van der Waals surface area contributed by atoms with E-state index in [1.54, 1.807) is 7.11 Å². The molecule has 4 nitrogen and oxygen atoms in total. The van der Waals surface area contributed by atoms with Crippen LogP contribution in [0.2, 0.25) is 5.02 Å². The van der Waals surface area contributed by atoms with E-state index < -0.39 is 0 Å². The van der Waals surface area contributed by atoms with Crippen LogP contribution in [-0.2, 0) is 9.53 Å². The molecule has 1 aromatic carbocycles. The van der Waals surface area contributed by atoms with Crippen LogP contribution in [0.1, 0.15) is 30.9 Å². The summed E-state index contributed by atoms with van der Waals surface area (Å²) in [6.07, 6.45) is 2.97. The van der Waals surface area contributed by atoms with Crippen LogP contribution in [0.15, 0.2) is 24.3 Å². The van der Waals surface area contributed by atoms with E-state index in [0.717, 1.165) is 31.4 Å². The molecule has 1 heterocycles. The fourth-order valence-electron chi connectivity index (χ4n) is 2.44. The highest BCUT2D eigenvalue weighted by molar-refractivity contribution is 6.30. The maximum atomic E-state index is 12.1. The quantitative estimate of drug-likeness (QED) is 0.871. The van der Waals surface area contributed by atoms with Gasteiger partial charge in [-0.25, -0.2) is 0 Å². The Kier molecular flexibility index (Phi) is 8.04. The lowest BCUT2D eigenvalue weighted by atomic mass is 10.0. The standard InChI is InChI=1S/C15H21ClN2O2.ClH/c1-20-14(11-5-4-6-12(16)9-11)10-18-15(19)13-7-2-3-8-17-13;/h4-6,9,13-14,17H,2-3,7-8,10H2,1H3,(H,18,19);1H. The number of benzene rings is 1. The third kappa shape index (κ3) is 5.47. The van der Waals surface area contributed by atoms with Crippen molar-refractivity contribution >= 4 is 29.9 Å². The number of amides is 1. The zero-order valence-electron chi connectivity index (χ0n) is 12.1. The molecule has 1 fully saturated rings. The zero-order valence-corrected chi connectivity index (χ0v) is 13.7. The molecule has 21 heavy (non-hydrogen) atoms. The van der Waals surface area contributed by atoms with Crippen LogP contribution in [0.4, 0.5) is 0 Å². The van der Waals surface area contributed by atoms with Crippen LogP contribution in [0, 0.1) is 0 Å². The molecule has 1 saturated heterocycles. The molecule has 0 saturated carbocycles. The predicted octanol–water partition coefficient (Wildman–Crippen LogP) is 2.71. The lowest BCUT2D eigenvalue weighted by Crippen LogP contribution is -2.47. The molecule has 2 N–H and O–H groups in total. The molecule has 1 aromatic rings. The van der Waals surface area contributed by atoms with Crippen molar-refractivity contribution in [1.29, 1.82) is 0 Å². The Morgan fingerprint density at radius 2 is 2.33 bits per heavy atom. The fraction of sp³-hybridized carbons (Fsp3) is 0.533. The van der Waals surface area contributed by atoms with E-state index in [9.17, 15) is 4.79 Å². The maximum Gasteiger partial charge on any atom is 0.237 e. The van der Waals surface area contributed by atoms with E-state index in [1.807, 2.05) is 24.3 Å². The molecule has 1 aliphatic rings. The second-order valence-corrected chi connectivity index (χ2v) is 5.46. The summed E-state index contributed by atoms with van der Waals surface area (Å²) in [5.74, 6) is 0.0498. The molecule has 2 unspecified atom stereocenters. The highest BCUT2D eigenvalue weighted by Crippen LogP contribution is 2.19. The molecular weight excluding hydrogens is 311 g/mol. The van der Waals surface area contributed by atoms with Crippen molar-refractivity contribution in [3.8, 4) is 0 Å². The third-order valence-electron chi connectivity index (χ3n) is 3.59. The van der Waals surface area contributed by atoms with Gasteiger partial charge in [-0.2, -0.15) is 0 Å². The highest BCUT2D eigenvalue weighted by Gasteiger charge is 2.21. The number of methoxy groups -OCH3 is 1. The summed E-state index contributed by atoms with van der Waals surface area (Å²) in [6, 6.07) is 7.45. The van der Waals surface area contributed by atoms with Gasteiger partial charge in [0.25, 0.3) is 0 Å². The number of halogens is 2. The summed E-state index contributed by atoms with van der Waals surface area (Å²) in [5, 5.41) is 6.86. The van der Waals surface area contributed by atoms with Gasteiger partial charge in [0, 0.05) is 18.7 Å². The largest absolute Gasteiger partial charge is 0.375 e. The minimum absolute atomic E-state index is 0. The van der Waals surface area contributed by atoms with Crippen LogP contribution in [0.5, 0.6) is 0 Å². The van der Waals surface area contributed by atoms with Crippen molar-refractivity contribution in [2.75, 3.05) is 20.2 Å². The topological polar surface area (TPSA) is 50.4 Å². The number of hydrogen-bond acceptors (Lipinski definition) is 3. The highest BCUT2D eigenvalue weighted by atomic mass is 35.5. The first-order valence-electron chi connectivity index (χ1n) is 7.00. The van der Waals surface area contributed by atoms with Gasteiger partial charge >= 0.3 is 0 Å². The lowest BCUT2D eigenvalue weighted by molar-refractivity contribution is -0.124. The first kappa shape index (κ1) is 18.2. The smallest absolute Gasteiger partial charge is 0.237 e. The van der Waals surface area contributed by atoms with Gasteiger partial charge < -0.3 is 15.4 Å². The van der Waals surface area contributed by atoms with Gasteiger partial charge in [-0.05, 0) is 37.1 Å². The van der Waals surface area contributed by atoms with Crippen molar-refractivity contribution in [2.45, 2.75) is 31.4 Å². The summed E-state index contributed by atoms with van der Waals surface area (Å²) < 4.78 is 5.44. The van der Waals surface area contributed by atoms with Crippen LogP contribution in [0.25, 0.3) is 0 Å². The number of piperidine rings is 1. The van der Waals surface area contributed by atoms with Crippen LogP contribution < -0.4 is 10.6 Å². The Morgan fingerprint density at radius 3 is 2.95 bits per heavy atom. The summed E-state index contributed by atoms with van der Waals surface area (Å²) in [4.78, 5) is 12.1. The lowest BCUT2D eigenvalue weighted by Gasteiger charge is -2.24. The number of carbonyl (C=O) groups excluding carboxylic acids is 1. The summed E-state index contributed by atoms with van der Waals surface area (Å²) >= 11 is 5.98. The fourth-order valence-corrected chi connectivity index (χ4v) is 2.63. The zero-order chi connectivity index (χ0) is 14.4. The molecule has 2 rings (SSSR count). The Bertz CT molecular complexity index is 451. The van der Waals surface area contributed by atoms with E-state index in [-0.39, 0.29) is 30.5 Å². The summed E-state index contributed by atoms with van der Waals surface area (Å²) in [5.41, 5.74) is 0.969. The SMILES string of the molecule is COC(CNC(=O)C1CCCCN1)c1cccc(Cl)c1.Cl. The van der Waals surface area contributed by atoms with Crippen molar-refractivity contribution in [2.24, 2.45) is 0 Å². The van der Waals surface area contributed by atoms with Gasteiger partial charge in [-0.1, -0.05) is 30.2 Å². The normalized spacial score (nSPS) is 19.4. The van der Waals surface area contributed by atoms with Crippen molar-refractivity contribution in [1.82, 2.24) is 10.6 Å².